The van der Waals surface area contributed by atoms with Gasteiger partial charge in [-0.15, -0.1) is 0 Å². The molecular formula is C12H21N5O2. The zero-order valence-corrected chi connectivity index (χ0v) is 12.0. The monoisotopic (exact) mass is 267 g/mol. The van der Waals surface area contributed by atoms with Crippen molar-refractivity contribution in [1.29, 1.82) is 0 Å². The van der Waals surface area contributed by atoms with Crippen LogP contribution in [0.1, 0.15) is 37.0 Å². The summed E-state index contributed by atoms with van der Waals surface area (Å²) in [7, 11) is 1.63. The SMILES string of the molecule is Cc1nn(C)c(C(=O)NCC(=O)NC(C)(C)C)c1N. The van der Waals surface area contributed by atoms with Gasteiger partial charge in [0.25, 0.3) is 5.91 Å². The van der Waals surface area contributed by atoms with Gasteiger partial charge < -0.3 is 16.4 Å². The van der Waals surface area contributed by atoms with E-state index in [0.29, 0.717) is 11.4 Å². The van der Waals surface area contributed by atoms with Gasteiger partial charge in [-0.05, 0) is 27.7 Å². The molecule has 1 aromatic heterocycles. The van der Waals surface area contributed by atoms with Crippen LogP contribution in [0, 0.1) is 6.92 Å². The first kappa shape index (κ1) is 15.0. The zero-order chi connectivity index (χ0) is 14.8. The molecule has 1 aromatic rings. The van der Waals surface area contributed by atoms with Gasteiger partial charge in [0.1, 0.15) is 5.69 Å². The van der Waals surface area contributed by atoms with Crippen molar-refractivity contribution in [3.63, 3.8) is 0 Å². The van der Waals surface area contributed by atoms with Crippen LogP contribution in [0.3, 0.4) is 0 Å². The van der Waals surface area contributed by atoms with Crippen LogP contribution in [-0.2, 0) is 11.8 Å². The molecule has 7 heteroatoms. The number of aromatic nitrogens is 2. The van der Waals surface area contributed by atoms with Crippen molar-refractivity contribution in [3.8, 4) is 0 Å². The first-order valence-corrected chi connectivity index (χ1v) is 6.00. The molecular weight excluding hydrogens is 246 g/mol. The van der Waals surface area contributed by atoms with Gasteiger partial charge in [-0.2, -0.15) is 5.10 Å². The van der Waals surface area contributed by atoms with E-state index in [4.69, 9.17) is 5.73 Å². The third kappa shape index (κ3) is 3.97. The Hall–Kier alpha value is -2.05. The van der Waals surface area contributed by atoms with E-state index in [1.165, 1.54) is 4.68 Å². The molecule has 0 aromatic carbocycles. The lowest BCUT2D eigenvalue weighted by atomic mass is 10.1. The molecule has 0 radical (unpaired) electrons. The molecule has 1 rings (SSSR count). The van der Waals surface area contributed by atoms with Crippen LogP contribution >= 0.6 is 0 Å². The molecule has 0 spiro atoms. The van der Waals surface area contributed by atoms with Crippen LogP contribution < -0.4 is 16.4 Å². The summed E-state index contributed by atoms with van der Waals surface area (Å²) in [6.07, 6.45) is 0. The predicted molar refractivity (Wildman–Crippen MR) is 72.6 cm³/mol. The number of nitrogens with zero attached hydrogens (tertiary/aromatic N) is 2. The van der Waals surface area contributed by atoms with E-state index >= 15 is 0 Å². The zero-order valence-electron chi connectivity index (χ0n) is 12.0. The van der Waals surface area contributed by atoms with E-state index in [-0.39, 0.29) is 23.7 Å². The summed E-state index contributed by atoms with van der Waals surface area (Å²) in [4.78, 5) is 23.5. The second-order valence-corrected chi connectivity index (χ2v) is 5.45. The number of hydrogen-bond acceptors (Lipinski definition) is 4. The standard InChI is InChI=1S/C12H21N5O2/c1-7-9(13)10(17(5)16-7)11(19)14-6-8(18)15-12(2,3)4/h6,13H2,1-5H3,(H,14,19)(H,15,18). The van der Waals surface area contributed by atoms with E-state index in [9.17, 15) is 9.59 Å². The van der Waals surface area contributed by atoms with Crippen LogP contribution in [-0.4, -0.2) is 33.7 Å². The Labute approximate surface area is 112 Å². The molecule has 4 N–H and O–H groups in total. The summed E-state index contributed by atoms with van der Waals surface area (Å²) >= 11 is 0. The lowest BCUT2D eigenvalue weighted by Crippen LogP contribution is -2.46. The molecule has 2 amide bonds. The Balaban J connectivity index is 2.64. The average molecular weight is 267 g/mol. The number of nitrogen functional groups attached to an aromatic ring is 1. The van der Waals surface area contributed by atoms with E-state index in [2.05, 4.69) is 15.7 Å². The quantitative estimate of drug-likeness (QED) is 0.714. The van der Waals surface area contributed by atoms with E-state index in [0.717, 1.165) is 0 Å². The topological polar surface area (TPSA) is 102 Å². The molecule has 0 fully saturated rings. The maximum atomic E-state index is 11.9. The lowest BCUT2D eigenvalue weighted by Gasteiger charge is -2.20. The largest absolute Gasteiger partial charge is 0.395 e. The summed E-state index contributed by atoms with van der Waals surface area (Å²) in [6, 6.07) is 0. The van der Waals surface area contributed by atoms with Crippen molar-refractivity contribution in [3.05, 3.63) is 11.4 Å². The van der Waals surface area contributed by atoms with Crippen LogP contribution in [0.5, 0.6) is 0 Å². The molecule has 0 atom stereocenters. The fraction of sp³-hybridized carbons (Fsp3) is 0.583. The maximum Gasteiger partial charge on any atom is 0.272 e. The van der Waals surface area contributed by atoms with Gasteiger partial charge >= 0.3 is 0 Å². The van der Waals surface area contributed by atoms with Gasteiger partial charge in [-0.1, -0.05) is 0 Å². The highest BCUT2D eigenvalue weighted by atomic mass is 16.2. The minimum absolute atomic E-state index is 0.0974. The van der Waals surface area contributed by atoms with Crippen molar-refractivity contribution in [2.24, 2.45) is 7.05 Å². The number of amides is 2. The van der Waals surface area contributed by atoms with Crippen molar-refractivity contribution < 1.29 is 9.59 Å². The number of anilines is 1. The molecule has 0 aliphatic rings. The third-order valence-corrected chi connectivity index (χ3v) is 2.41. The number of nitrogens with one attached hydrogen (secondary N) is 2. The molecule has 0 aliphatic heterocycles. The third-order valence-electron chi connectivity index (χ3n) is 2.41. The average Bonchev–Trinajstić information content (AvgIpc) is 2.47. The van der Waals surface area contributed by atoms with Crippen LogP contribution in [0.15, 0.2) is 0 Å². The fourth-order valence-corrected chi connectivity index (χ4v) is 1.65. The van der Waals surface area contributed by atoms with E-state index in [1.807, 2.05) is 20.8 Å². The van der Waals surface area contributed by atoms with Gasteiger partial charge in [0.15, 0.2) is 0 Å². The fourth-order valence-electron chi connectivity index (χ4n) is 1.65. The number of nitrogens with two attached hydrogens (primary N) is 1. The maximum absolute atomic E-state index is 11.9. The summed E-state index contributed by atoms with van der Waals surface area (Å²) in [5.41, 5.74) is 6.62. The number of hydrogen-bond donors (Lipinski definition) is 3. The first-order valence-electron chi connectivity index (χ1n) is 6.00. The van der Waals surface area contributed by atoms with E-state index < -0.39 is 5.91 Å². The van der Waals surface area contributed by atoms with E-state index in [1.54, 1.807) is 14.0 Å². The van der Waals surface area contributed by atoms with Crippen molar-refractivity contribution in [2.75, 3.05) is 12.3 Å². The van der Waals surface area contributed by atoms with Gasteiger partial charge in [-0.3, -0.25) is 14.3 Å². The molecule has 0 saturated heterocycles. The highest BCUT2D eigenvalue weighted by Crippen LogP contribution is 2.14. The van der Waals surface area contributed by atoms with Crippen molar-refractivity contribution >= 4 is 17.5 Å². The number of aryl methyl sites for hydroxylation is 2. The second kappa shape index (κ2) is 5.29. The number of rotatable bonds is 3. The Bertz CT molecular complexity index is 499. The van der Waals surface area contributed by atoms with Crippen LogP contribution in [0.4, 0.5) is 5.69 Å². The highest BCUT2D eigenvalue weighted by molar-refractivity contribution is 5.99. The van der Waals surface area contributed by atoms with Gasteiger partial charge in [-0.25, -0.2) is 0 Å². The second-order valence-electron chi connectivity index (χ2n) is 5.45. The minimum Gasteiger partial charge on any atom is -0.395 e. The van der Waals surface area contributed by atoms with Gasteiger partial charge in [0, 0.05) is 12.6 Å². The lowest BCUT2D eigenvalue weighted by molar-refractivity contribution is -0.121. The molecule has 7 nitrogen and oxygen atoms in total. The Morgan fingerprint density at radius 3 is 2.37 bits per heavy atom. The Kier molecular flexibility index (Phi) is 4.18. The molecule has 19 heavy (non-hydrogen) atoms. The van der Waals surface area contributed by atoms with Gasteiger partial charge in [0.05, 0.1) is 17.9 Å². The summed E-state index contributed by atoms with van der Waals surface area (Å²) < 4.78 is 1.40. The summed E-state index contributed by atoms with van der Waals surface area (Å²) in [5.74, 6) is -0.664. The highest BCUT2D eigenvalue weighted by Gasteiger charge is 2.19. The molecule has 106 valence electrons. The Morgan fingerprint density at radius 1 is 1.37 bits per heavy atom. The molecule has 0 unspecified atom stereocenters. The minimum atomic E-state index is -0.412. The number of carbonyl (C=O) groups is 2. The number of carbonyl (C=O) groups excluding carboxylic acids is 2. The van der Waals surface area contributed by atoms with Crippen LogP contribution in [0.25, 0.3) is 0 Å². The summed E-state index contributed by atoms with van der Waals surface area (Å²) in [5, 5.41) is 9.33. The summed E-state index contributed by atoms with van der Waals surface area (Å²) in [6.45, 7) is 7.23. The van der Waals surface area contributed by atoms with Crippen molar-refractivity contribution in [1.82, 2.24) is 20.4 Å². The normalized spacial score (nSPS) is 11.2. The Morgan fingerprint density at radius 2 is 1.95 bits per heavy atom. The molecule has 1 heterocycles. The molecule has 0 aliphatic carbocycles. The molecule has 0 saturated carbocycles. The smallest absolute Gasteiger partial charge is 0.272 e. The predicted octanol–water partition coefficient (Wildman–Crippen LogP) is -0.0448. The van der Waals surface area contributed by atoms with Crippen molar-refractivity contribution in [2.45, 2.75) is 33.2 Å². The van der Waals surface area contributed by atoms with Gasteiger partial charge in [0.2, 0.25) is 5.91 Å². The van der Waals surface area contributed by atoms with Crippen LogP contribution in [0.2, 0.25) is 0 Å². The first-order chi connectivity index (χ1) is 8.61. The molecule has 0 bridgehead atoms.